The first-order valence-corrected chi connectivity index (χ1v) is 21.1. The number of furan rings is 2. The summed E-state index contributed by atoms with van der Waals surface area (Å²) in [5.74, 6) is 1.72. The van der Waals surface area contributed by atoms with Gasteiger partial charge in [-0.1, -0.05) is 146 Å². The Labute approximate surface area is 361 Å². The largest absolute Gasteiger partial charge is 0.456 e. The Morgan fingerprint density at radius 2 is 0.889 bits per heavy atom. The average Bonchev–Trinajstić information content (AvgIpc) is 4.03. The second-order valence-electron chi connectivity index (χ2n) is 15.9. The van der Waals surface area contributed by atoms with Gasteiger partial charge in [0.25, 0.3) is 0 Å². The lowest BCUT2D eigenvalue weighted by Crippen LogP contribution is -2.00. The van der Waals surface area contributed by atoms with Gasteiger partial charge < -0.3 is 13.4 Å². The molecule has 13 rings (SSSR count). The van der Waals surface area contributed by atoms with Crippen molar-refractivity contribution >= 4 is 65.7 Å². The van der Waals surface area contributed by atoms with E-state index < -0.39 is 0 Å². The molecule has 0 atom stereocenters. The van der Waals surface area contributed by atoms with Gasteiger partial charge in [0.1, 0.15) is 22.3 Å². The SMILES string of the molecule is c1ccc(-c2ccc3c(c2)c2cccc(-c4ccc5c(c4)oc4cc(-c6nc(-c7ccccc7)nc(-c7cccc8oc9ccccc9c78)n6)ccc45)c2n3-c2ccccc2)cc1. The molecule has 4 aromatic heterocycles. The smallest absolute Gasteiger partial charge is 0.164 e. The zero-order chi connectivity index (χ0) is 41.4. The number of rotatable bonds is 6. The Balaban J connectivity index is 0.961. The first-order valence-electron chi connectivity index (χ1n) is 21.1. The van der Waals surface area contributed by atoms with Crippen molar-refractivity contribution < 1.29 is 8.83 Å². The summed E-state index contributed by atoms with van der Waals surface area (Å²) in [5.41, 5.74) is 13.8. The van der Waals surface area contributed by atoms with Crippen LogP contribution < -0.4 is 0 Å². The Morgan fingerprint density at radius 1 is 0.317 bits per heavy atom. The maximum atomic E-state index is 6.76. The minimum absolute atomic E-state index is 0.558. The quantitative estimate of drug-likeness (QED) is 0.167. The van der Waals surface area contributed by atoms with Gasteiger partial charge in [0.05, 0.1) is 11.0 Å². The van der Waals surface area contributed by atoms with Crippen molar-refractivity contribution in [1.82, 2.24) is 19.5 Å². The van der Waals surface area contributed by atoms with Gasteiger partial charge >= 0.3 is 0 Å². The number of benzene rings is 9. The van der Waals surface area contributed by atoms with E-state index in [1.165, 1.54) is 21.9 Å². The molecular weight excluding hydrogens is 773 g/mol. The molecule has 0 aliphatic rings. The Kier molecular flexibility index (Phi) is 7.80. The number of hydrogen-bond donors (Lipinski definition) is 0. The molecule has 63 heavy (non-hydrogen) atoms. The van der Waals surface area contributed by atoms with Crippen LogP contribution in [0.3, 0.4) is 0 Å². The van der Waals surface area contributed by atoms with E-state index in [9.17, 15) is 0 Å². The molecule has 13 aromatic rings. The topological polar surface area (TPSA) is 69.9 Å². The van der Waals surface area contributed by atoms with Crippen LogP contribution in [0.4, 0.5) is 0 Å². The summed E-state index contributed by atoms with van der Waals surface area (Å²) in [4.78, 5) is 15.3. The molecule has 0 fully saturated rings. The normalized spacial score (nSPS) is 11.8. The number of fused-ring (bicyclic) bond motifs is 9. The van der Waals surface area contributed by atoms with Gasteiger partial charge in [-0.25, -0.2) is 15.0 Å². The molecule has 0 N–H and O–H groups in total. The zero-order valence-corrected chi connectivity index (χ0v) is 33.7. The molecule has 0 unspecified atom stereocenters. The Morgan fingerprint density at radius 3 is 1.68 bits per heavy atom. The summed E-state index contributed by atoms with van der Waals surface area (Å²) < 4.78 is 15.4. The number of hydrogen-bond acceptors (Lipinski definition) is 5. The van der Waals surface area contributed by atoms with E-state index in [4.69, 9.17) is 23.8 Å². The molecule has 0 amide bonds. The van der Waals surface area contributed by atoms with Crippen molar-refractivity contribution in [2.75, 3.05) is 0 Å². The summed E-state index contributed by atoms with van der Waals surface area (Å²) in [6.07, 6.45) is 0. The third-order valence-electron chi connectivity index (χ3n) is 12.3. The van der Waals surface area contributed by atoms with Crippen LogP contribution in [0.5, 0.6) is 0 Å². The highest BCUT2D eigenvalue weighted by atomic mass is 16.3. The molecule has 0 radical (unpaired) electrons. The van der Waals surface area contributed by atoms with E-state index in [1.807, 2.05) is 60.7 Å². The third kappa shape index (κ3) is 5.69. The van der Waals surface area contributed by atoms with E-state index in [2.05, 4.69) is 150 Å². The second-order valence-corrected chi connectivity index (χ2v) is 15.9. The number of nitrogens with zero attached hydrogens (tertiary/aromatic N) is 4. The molecule has 4 heterocycles. The van der Waals surface area contributed by atoms with Crippen LogP contribution in [0.1, 0.15) is 0 Å². The highest BCUT2D eigenvalue weighted by Crippen LogP contribution is 2.42. The van der Waals surface area contributed by atoms with E-state index >= 15 is 0 Å². The van der Waals surface area contributed by atoms with E-state index in [-0.39, 0.29) is 0 Å². The van der Waals surface area contributed by atoms with Crippen LogP contribution in [0.2, 0.25) is 0 Å². The van der Waals surface area contributed by atoms with Crippen LogP contribution in [-0.4, -0.2) is 19.5 Å². The van der Waals surface area contributed by atoms with Crippen molar-refractivity contribution in [1.29, 1.82) is 0 Å². The molecule has 0 spiro atoms. The molecule has 9 aromatic carbocycles. The predicted molar refractivity (Wildman–Crippen MR) is 256 cm³/mol. The maximum Gasteiger partial charge on any atom is 0.164 e. The lowest BCUT2D eigenvalue weighted by atomic mass is 9.99. The van der Waals surface area contributed by atoms with Crippen LogP contribution in [-0.2, 0) is 0 Å². The van der Waals surface area contributed by atoms with Gasteiger partial charge in [-0.3, -0.25) is 0 Å². The van der Waals surface area contributed by atoms with Gasteiger partial charge in [-0.05, 0) is 77.4 Å². The Hall–Kier alpha value is -8.61. The van der Waals surface area contributed by atoms with E-state index in [0.717, 1.165) is 88.4 Å². The van der Waals surface area contributed by atoms with Crippen LogP contribution in [0, 0.1) is 0 Å². The van der Waals surface area contributed by atoms with Crippen molar-refractivity contribution in [3.8, 4) is 62.1 Å². The monoisotopic (exact) mass is 806 g/mol. The molecule has 0 aliphatic carbocycles. The van der Waals surface area contributed by atoms with Crippen molar-refractivity contribution in [2.45, 2.75) is 0 Å². The molecule has 6 heteroatoms. The molecule has 0 saturated carbocycles. The van der Waals surface area contributed by atoms with Gasteiger partial charge in [0.2, 0.25) is 0 Å². The fraction of sp³-hybridized carbons (Fsp3) is 0. The number of para-hydroxylation sites is 3. The van der Waals surface area contributed by atoms with Gasteiger partial charge in [-0.15, -0.1) is 0 Å². The summed E-state index contributed by atoms with van der Waals surface area (Å²) in [6, 6.07) is 71.6. The fourth-order valence-electron chi connectivity index (χ4n) is 9.34. The summed E-state index contributed by atoms with van der Waals surface area (Å²) in [5, 5.41) is 6.47. The van der Waals surface area contributed by atoms with Crippen LogP contribution in [0.15, 0.2) is 215 Å². The summed E-state index contributed by atoms with van der Waals surface area (Å²) in [7, 11) is 0. The van der Waals surface area contributed by atoms with Crippen LogP contribution in [0.25, 0.3) is 128 Å². The van der Waals surface area contributed by atoms with Crippen LogP contribution >= 0.6 is 0 Å². The molecule has 0 aliphatic heterocycles. The molecule has 6 nitrogen and oxygen atoms in total. The highest BCUT2D eigenvalue weighted by molar-refractivity contribution is 6.16. The van der Waals surface area contributed by atoms with Gasteiger partial charge in [0.15, 0.2) is 17.5 Å². The van der Waals surface area contributed by atoms with Gasteiger partial charge in [0, 0.05) is 60.3 Å². The fourth-order valence-corrected chi connectivity index (χ4v) is 9.34. The van der Waals surface area contributed by atoms with E-state index in [0.29, 0.717) is 17.5 Å². The van der Waals surface area contributed by atoms with E-state index in [1.54, 1.807) is 0 Å². The molecule has 294 valence electrons. The molecule has 0 bridgehead atoms. The Bertz CT molecular complexity index is 3900. The summed E-state index contributed by atoms with van der Waals surface area (Å²) in [6.45, 7) is 0. The number of aromatic nitrogens is 4. The van der Waals surface area contributed by atoms with Crippen molar-refractivity contribution in [3.05, 3.63) is 206 Å². The zero-order valence-electron chi connectivity index (χ0n) is 33.7. The third-order valence-corrected chi connectivity index (χ3v) is 12.3. The molecular formula is C57H34N4O2. The highest BCUT2D eigenvalue weighted by Gasteiger charge is 2.21. The molecule has 0 saturated heterocycles. The minimum atomic E-state index is 0.558. The minimum Gasteiger partial charge on any atom is -0.456 e. The lowest BCUT2D eigenvalue weighted by Gasteiger charge is -2.12. The van der Waals surface area contributed by atoms with Gasteiger partial charge in [-0.2, -0.15) is 0 Å². The first-order chi connectivity index (χ1) is 31.2. The summed E-state index contributed by atoms with van der Waals surface area (Å²) >= 11 is 0. The predicted octanol–water partition coefficient (Wildman–Crippen LogP) is 15.1. The standard InChI is InChI=1S/C57H34N4O2/c1-4-14-35(15-5-1)37-28-31-48-47(32-37)44-22-12-21-41(54(44)61(48)40-18-8-3-9-19-40)38-26-29-42-43-30-27-39(34-52(43)63-51(42)33-38)56-58-55(36-16-6-2-7-17-36)59-57(60-56)46-23-13-25-50-53(46)45-20-10-11-24-49(45)62-50/h1-34H. The lowest BCUT2D eigenvalue weighted by molar-refractivity contribution is 0.668. The maximum absolute atomic E-state index is 6.76. The second kappa shape index (κ2) is 14.0. The first kappa shape index (κ1) is 35.2. The average molecular weight is 807 g/mol. The van der Waals surface area contributed by atoms with Crippen molar-refractivity contribution in [3.63, 3.8) is 0 Å². The van der Waals surface area contributed by atoms with Crippen molar-refractivity contribution in [2.24, 2.45) is 0 Å².